The van der Waals surface area contributed by atoms with E-state index in [9.17, 15) is 5.11 Å². The van der Waals surface area contributed by atoms with E-state index in [1.165, 1.54) is 6.42 Å². The SMILES string of the molecule is CC1N=C2CCCCN2C1(O)c1ccccc1. The van der Waals surface area contributed by atoms with Crippen molar-refractivity contribution in [3.63, 3.8) is 0 Å². The van der Waals surface area contributed by atoms with Crippen LogP contribution in [0.3, 0.4) is 0 Å². The van der Waals surface area contributed by atoms with Crippen molar-refractivity contribution in [2.75, 3.05) is 6.54 Å². The van der Waals surface area contributed by atoms with Crippen LogP contribution in [0.1, 0.15) is 31.7 Å². The van der Waals surface area contributed by atoms with E-state index in [1.807, 2.05) is 37.3 Å². The molecule has 3 rings (SSSR count). The smallest absolute Gasteiger partial charge is 0.188 e. The second kappa shape index (κ2) is 3.84. The number of aliphatic imine (C=N–C) groups is 1. The van der Waals surface area contributed by atoms with Crippen LogP contribution in [-0.2, 0) is 5.72 Å². The summed E-state index contributed by atoms with van der Waals surface area (Å²) >= 11 is 0. The van der Waals surface area contributed by atoms with Crippen molar-refractivity contribution in [2.45, 2.75) is 38.0 Å². The van der Waals surface area contributed by atoms with E-state index in [0.29, 0.717) is 0 Å². The number of fused-ring (bicyclic) bond motifs is 1. The van der Waals surface area contributed by atoms with Gasteiger partial charge in [0.1, 0.15) is 11.9 Å². The molecule has 2 unspecified atom stereocenters. The van der Waals surface area contributed by atoms with Crippen molar-refractivity contribution in [2.24, 2.45) is 4.99 Å². The minimum atomic E-state index is -0.934. The van der Waals surface area contributed by atoms with Gasteiger partial charge in [0.25, 0.3) is 0 Å². The molecule has 1 fully saturated rings. The maximum atomic E-state index is 11.0. The Morgan fingerprint density at radius 2 is 2.06 bits per heavy atom. The van der Waals surface area contributed by atoms with E-state index in [1.54, 1.807) is 0 Å². The van der Waals surface area contributed by atoms with Gasteiger partial charge in [-0.1, -0.05) is 30.3 Å². The number of hydrogen-bond acceptors (Lipinski definition) is 3. The fourth-order valence-electron chi connectivity index (χ4n) is 2.94. The molecule has 1 N–H and O–H groups in total. The minimum absolute atomic E-state index is 0.0852. The molecule has 0 saturated carbocycles. The zero-order chi connectivity index (χ0) is 11.9. The van der Waals surface area contributed by atoms with Crippen molar-refractivity contribution in [1.29, 1.82) is 0 Å². The van der Waals surface area contributed by atoms with Crippen LogP contribution in [-0.4, -0.2) is 28.4 Å². The summed E-state index contributed by atoms with van der Waals surface area (Å²) < 4.78 is 0. The number of nitrogens with zero attached hydrogens (tertiary/aromatic N) is 2. The molecular formula is C14H18N2O. The summed E-state index contributed by atoms with van der Waals surface area (Å²) in [7, 11) is 0. The first-order valence-corrected chi connectivity index (χ1v) is 6.35. The van der Waals surface area contributed by atoms with Gasteiger partial charge < -0.3 is 10.0 Å². The third-order valence-corrected chi connectivity index (χ3v) is 3.88. The van der Waals surface area contributed by atoms with Gasteiger partial charge in [0.05, 0.1) is 0 Å². The summed E-state index contributed by atoms with van der Waals surface area (Å²) in [4.78, 5) is 6.73. The van der Waals surface area contributed by atoms with Gasteiger partial charge in [-0.3, -0.25) is 4.99 Å². The number of hydrogen-bond donors (Lipinski definition) is 1. The lowest BCUT2D eigenvalue weighted by molar-refractivity contribution is -0.0822. The number of rotatable bonds is 1. The summed E-state index contributed by atoms with van der Waals surface area (Å²) in [5.41, 5.74) is 0.0185. The standard InChI is InChI=1S/C14H18N2O/c1-11-14(17,12-7-3-2-4-8-12)16-10-6-5-9-13(16)15-11/h2-4,7-8,11,17H,5-6,9-10H2,1H3. The van der Waals surface area contributed by atoms with Crippen molar-refractivity contribution in [3.05, 3.63) is 35.9 Å². The van der Waals surface area contributed by atoms with Crippen molar-refractivity contribution >= 4 is 5.84 Å². The molecule has 90 valence electrons. The predicted molar refractivity (Wildman–Crippen MR) is 67.8 cm³/mol. The molecule has 0 amide bonds. The van der Waals surface area contributed by atoms with E-state index in [-0.39, 0.29) is 6.04 Å². The second-order valence-corrected chi connectivity index (χ2v) is 4.92. The van der Waals surface area contributed by atoms with Crippen LogP contribution in [0, 0.1) is 0 Å². The molecule has 0 aliphatic carbocycles. The molecule has 1 aromatic rings. The summed E-state index contributed by atoms with van der Waals surface area (Å²) in [5.74, 6) is 1.08. The average Bonchev–Trinajstić information content (AvgIpc) is 2.64. The maximum absolute atomic E-state index is 11.0. The number of amidine groups is 1. The van der Waals surface area contributed by atoms with E-state index in [4.69, 9.17) is 0 Å². The highest BCUT2D eigenvalue weighted by Crippen LogP contribution is 2.39. The van der Waals surface area contributed by atoms with Crippen molar-refractivity contribution in [1.82, 2.24) is 4.90 Å². The van der Waals surface area contributed by atoms with E-state index in [2.05, 4.69) is 9.89 Å². The third-order valence-electron chi connectivity index (χ3n) is 3.88. The molecule has 1 saturated heterocycles. The highest BCUT2D eigenvalue weighted by Gasteiger charge is 2.48. The zero-order valence-corrected chi connectivity index (χ0v) is 10.1. The van der Waals surface area contributed by atoms with Crippen LogP contribution in [0.5, 0.6) is 0 Å². The van der Waals surface area contributed by atoms with Crippen LogP contribution in [0.4, 0.5) is 0 Å². The molecule has 0 radical (unpaired) electrons. The van der Waals surface area contributed by atoms with E-state index >= 15 is 0 Å². The summed E-state index contributed by atoms with van der Waals surface area (Å²) in [5, 5.41) is 11.0. The first-order valence-electron chi connectivity index (χ1n) is 6.35. The molecule has 2 atom stereocenters. The maximum Gasteiger partial charge on any atom is 0.188 e. The van der Waals surface area contributed by atoms with Gasteiger partial charge in [0.15, 0.2) is 5.72 Å². The van der Waals surface area contributed by atoms with E-state index in [0.717, 1.165) is 30.8 Å². The van der Waals surface area contributed by atoms with Crippen LogP contribution in [0.25, 0.3) is 0 Å². The molecule has 2 aliphatic rings. The lowest BCUT2D eigenvalue weighted by Gasteiger charge is -2.40. The second-order valence-electron chi connectivity index (χ2n) is 4.92. The minimum Gasteiger partial charge on any atom is -0.365 e. The lowest BCUT2D eigenvalue weighted by atomic mass is 9.94. The van der Waals surface area contributed by atoms with Crippen molar-refractivity contribution < 1.29 is 5.11 Å². The monoisotopic (exact) mass is 230 g/mol. The Kier molecular flexibility index (Phi) is 2.44. The highest BCUT2D eigenvalue weighted by atomic mass is 16.3. The molecular weight excluding hydrogens is 212 g/mol. The average molecular weight is 230 g/mol. The van der Waals surface area contributed by atoms with Gasteiger partial charge in [0, 0.05) is 18.5 Å². The molecule has 0 bridgehead atoms. The molecule has 3 nitrogen and oxygen atoms in total. The van der Waals surface area contributed by atoms with Gasteiger partial charge in [-0.2, -0.15) is 0 Å². The van der Waals surface area contributed by atoms with Crippen LogP contribution in [0.2, 0.25) is 0 Å². The van der Waals surface area contributed by atoms with Gasteiger partial charge in [-0.15, -0.1) is 0 Å². The molecule has 3 heteroatoms. The molecule has 2 heterocycles. The first kappa shape index (κ1) is 10.8. The zero-order valence-electron chi connectivity index (χ0n) is 10.1. The summed E-state index contributed by atoms with van der Waals surface area (Å²) in [6.07, 6.45) is 3.33. The molecule has 2 aliphatic heterocycles. The lowest BCUT2D eigenvalue weighted by Crippen LogP contribution is -2.51. The Labute approximate surface area is 102 Å². The summed E-state index contributed by atoms with van der Waals surface area (Å²) in [6.45, 7) is 2.91. The van der Waals surface area contributed by atoms with Gasteiger partial charge in [0.2, 0.25) is 0 Å². The Morgan fingerprint density at radius 3 is 2.82 bits per heavy atom. The Balaban J connectivity index is 2.02. The summed E-state index contributed by atoms with van der Waals surface area (Å²) in [6, 6.07) is 9.82. The largest absolute Gasteiger partial charge is 0.365 e. The Hall–Kier alpha value is -1.35. The Bertz CT molecular complexity index is 443. The van der Waals surface area contributed by atoms with Crippen LogP contribution >= 0.6 is 0 Å². The number of benzene rings is 1. The predicted octanol–water partition coefficient (Wildman–Crippen LogP) is 2.12. The van der Waals surface area contributed by atoms with Gasteiger partial charge in [-0.25, -0.2) is 0 Å². The van der Waals surface area contributed by atoms with Crippen molar-refractivity contribution in [3.8, 4) is 0 Å². The quantitative estimate of drug-likeness (QED) is 0.802. The van der Waals surface area contributed by atoms with Crippen LogP contribution < -0.4 is 0 Å². The highest BCUT2D eigenvalue weighted by molar-refractivity contribution is 5.86. The fourth-order valence-corrected chi connectivity index (χ4v) is 2.94. The number of piperidine rings is 1. The topological polar surface area (TPSA) is 35.8 Å². The van der Waals surface area contributed by atoms with Crippen LogP contribution in [0.15, 0.2) is 35.3 Å². The molecule has 0 spiro atoms. The normalized spacial score (nSPS) is 32.2. The third kappa shape index (κ3) is 1.49. The molecule has 0 aromatic heterocycles. The van der Waals surface area contributed by atoms with E-state index < -0.39 is 5.72 Å². The van der Waals surface area contributed by atoms with Gasteiger partial charge in [-0.05, 0) is 19.8 Å². The van der Waals surface area contributed by atoms with Gasteiger partial charge >= 0.3 is 0 Å². The Morgan fingerprint density at radius 1 is 1.29 bits per heavy atom. The molecule has 17 heavy (non-hydrogen) atoms. The molecule has 1 aromatic carbocycles. The first-order chi connectivity index (χ1) is 8.23. The number of aliphatic hydroxyl groups is 1. The fraction of sp³-hybridized carbons (Fsp3) is 0.500.